The summed E-state index contributed by atoms with van der Waals surface area (Å²) in [6, 6.07) is 0. The number of ether oxygens (including phenoxy) is 1. The number of nitrogens with zero attached hydrogens (tertiary/aromatic N) is 1. The van der Waals surface area contributed by atoms with Gasteiger partial charge in [0, 0.05) is 6.42 Å². The van der Waals surface area contributed by atoms with Gasteiger partial charge in [-0.1, -0.05) is 45.4 Å². The van der Waals surface area contributed by atoms with Gasteiger partial charge in [-0.05, 0) is 19.3 Å². The zero-order valence-electron chi connectivity index (χ0n) is 12.2. The van der Waals surface area contributed by atoms with Crippen molar-refractivity contribution in [2.24, 2.45) is 4.99 Å². The summed E-state index contributed by atoms with van der Waals surface area (Å²) in [5.41, 5.74) is 0. The van der Waals surface area contributed by atoms with Gasteiger partial charge in [0.1, 0.15) is 0 Å². The van der Waals surface area contributed by atoms with Gasteiger partial charge in [-0.3, -0.25) is 4.79 Å². The Bertz CT molecular complexity index is 260. The lowest BCUT2D eigenvalue weighted by molar-refractivity contribution is -0.143. The second-order valence-corrected chi connectivity index (χ2v) is 4.77. The molecule has 0 atom stereocenters. The van der Waals surface area contributed by atoms with Crippen LogP contribution in [0.5, 0.6) is 0 Å². The Morgan fingerprint density at radius 3 is 2.16 bits per heavy atom. The molecule has 0 amide bonds. The van der Waals surface area contributed by atoms with Gasteiger partial charge in [-0.25, -0.2) is 9.79 Å². The Hall–Kier alpha value is -1.15. The monoisotopic (exact) mass is 269 g/mol. The average molecular weight is 269 g/mol. The normalized spacial score (nSPS) is 9.95. The van der Waals surface area contributed by atoms with Gasteiger partial charge in [0.25, 0.3) is 0 Å². The first kappa shape index (κ1) is 17.8. The molecule has 4 nitrogen and oxygen atoms in total. The Kier molecular flexibility index (Phi) is 14.0. The van der Waals surface area contributed by atoms with Gasteiger partial charge in [0.15, 0.2) is 0 Å². The molecule has 0 saturated carbocycles. The molecular weight excluding hydrogens is 242 g/mol. The van der Waals surface area contributed by atoms with Crippen LogP contribution in [-0.2, 0) is 14.3 Å². The van der Waals surface area contributed by atoms with Crippen molar-refractivity contribution in [1.29, 1.82) is 0 Å². The molecule has 0 unspecified atom stereocenters. The highest BCUT2D eigenvalue weighted by atomic mass is 16.5. The molecule has 0 N–H and O–H groups in total. The Labute approximate surface area is 116 Å². The van der Waals surface area contributed by atoms with Crippen LogP contribution in [0.25, 0.3) is 0 Å². The zero-order chi connectivity index (χ0) is 14.2. The Balaban J connectivity index is 3.10. The van der Waals surface area contributed by atoms with Crippen molar-refractivity contribution in [3.8, 4) is 0 Å². The maximum Gasteiger partial charge on any atom is 0.305 e. The SMILES string of the molecule is CCCOC(=O)CCCCCCCCCCN=C=O. The van der Waals surface area contributed by atoms with E-state index in [1.165, 1.54) is 25.7 Å². The van der Waals surface area contributed by atoms with Gasteiger partial charge in [0.05, 0.1) is 13.2 Å². The van der Waals surface area contributed by atoms with Crippen molar-refractivity contribution in [3.63, 3.8) is 0 Å². The van der Waals surface area contributed by atoms with Crippen LogP contribution in [0, 0.1) is 0 Å². The molecule has 0 spiro atoms. The lowest BCUT2D eigenvalue weighted by Gasteiger charge is -2.03. The molecular formula is C15H27NO3. The third-order valence-corrected chi connectivity index (χ3v) is 2.93. The number of carbonyl (C=O) groups is 1. The molecule has 4 heteroatoms. The lowest BCUT2D eigenvalue weighted by atomic mass is 10.1. The van der Waals surface area contributed by atoms with E-state index >= 15 is 0 Å². The summed E-state index contributed by atoms with van der Waals surface area (Å²) < 4.78 is 5.01. The summed E-state index contributed by atoms with van der Waals surface area (Å²) in [5, 5.41) is 0. The van der Waals surface area contributed by atoms with Crippen LogP contribution in [0.3, 0.4) is 0 Å². The number of carbonyl (C=O) groups excluding carboxylic acids is 2. The fourth-order valence-corrected chi connectivity index (χ4v) is 1.85. The summed E-state index contributed by atoms with van der Waals surface area (Å²) >= 11 is 0. The van der Waals surface area contributed by atoms with Gasteiger partial charge in [-0.15, -0.1) is 0 Å². The van der Waals surface area contributed by atoms with Crippen LogP contribution < -0.4 is 0 Å². The van der Waals surface area contributed by atoms with E-state index in [9.17, 15) is 9.59 Å². The number of aliphatic imine (C=N–C) groups is 1. The van der Waals surface area contributed by atoms with Gasteiger partial charge < -0.3 is 4.74 Å². The zero-order valence-corrected chi connectivity index (χ0v) is 12.2. The van der Waals surface area contributed by atoms with Crippen LogP contribution in [0.2, 0.25) is 0 Å². The van der Waals surface area contributed by atoms with Crippen molar-refractivity contribution in [2.45, 2.75) is 71.1 Å². The largest absolute Gasteiger partial charge is 0.466 e. The molecule has 19 heavy (non-hydrogen) atoms. The molecule has 0 rings (SSSR count). The minimum absolute atomic E-state index is 0.0578. The van der Waals surface area contributed by atoms with E-state index in [4.69, 9.17) is 4.74 Å². The molecule has 0 aromatic heterocycles. The molecule has 0 aliphatic carbocycles. The summed E-state index contributed by atoms with van der Waals surface area (Å²) in [6.45, 7) is 3.16. The molecule has 0 bridgehead atoms. The van der Waals surface area contributed by atoms with Crippen molar-refractivity contribution in [3.05, 3.63) is 0 Å². The van der Waals surface area contributed by atoms with Crippen molar-refractivity contribution in [2.75, 3.05) is 13.2 Å². The molecule has 0 fully saturated rings. The fourth-order valence-electron chi connectivity index (χ4n) is 1.85. The number of hydrogen-bond acceptors (Lipinski definition) is 4. The predicted octanol–water partition coefficient (Wildman–Crippen LogP) is 3.79. The minimum atomic E-state index is -0.0578. The second kappa shape index (κ2) is 14.9. The minimum Gasteiger partial charge on any atom is -0.466 e. The molecule has 0 aliphatic heterocycles. The van der Waals surface area contributed by atoms with E-state index in [1.54, 1.807) is 6.08 Å². The highest BCUT2D eigenvalue weighted by molar-refractivity contribution is 5.69. The topological polar surface area (TPSA) is 55.7 Å². The first-order valence-electron chi connectivity index (χ1n) is 7.50. The fraction of sp³-hybridized carbons (Fsp3) is 0.867. The predicted molar refractivity (Wildman–Crippen MR) is 75.8 cm³/mol. The number of esters is 1. The molecule has 0 aromatic rings. The first-order chi connectivity index (χ1) is 9.31. The number of rotatable bonds is 13. The van der Waals surface area contributed by atoms with Crippen molar-refractivity contribution < 1.29 is 14.3 Å². The van der Waals surface area contributed by atoms with Crippen LogP contribution in [0.4, 0.5) is 0 Å². The maximum atomic E-state index is 11.2. The van der Waals surface area contributed by atoms with E-state index in [-0.39, 0.29) is 5.97 Å². The molecule has 110 valence electrons. The van der Waals surface area contributed by atoms with E-state index in [1.807, 2.05) is 6.92 Å². The quantitative estimate of drug-likeness (QED) is 0.221. The van der Waals surface area contributed by atoms with Crippen molar-refractivity contribution >= 4 is 12.0 Å². The second-order valence-electron chi connectivity index (χ2n) is 4.77. The summed E-state index contributed by atoms with van der Waals surface area (Å²) in [7, 11) is 0. The van der Waals surface area contributed by atoms with Crippen LogP contribution in [-0.4, -0.2) is 25.2 Å². The first-order valence-corrected chi connectivity index (χ1v) is 7.50. The summed E-state index contributed by atoms with van der Waals surface area (Å²) in [5.74, 6) is -0.0578. The maximum absolute atomic E-state index is 11.2. The number of unbranched alkanes of at least 4 members (excludes halogenated alkanes) is 7. The van der Waals surface area contributed by atoms with E-state index in [0.29, 0.717) is 19.6 Å². The molecule has 0 saturated heterocycles. The Morgan fingerprint density at radius 1 is 1.00 bits per heavy atom. The highest BCUT2D eigenvalue weighted by Crippen LogP contribution is 2.10. The van der Waals surface area contributed by atoms with E-state index in [0.717, 1.165) is 32.1 Å². The molecule has 0 aromatic carbocycles. The number of hydrogen-bond donors (Lipinski definition) is 0. The van der Waals surface area contributed by atoms with Crippen LogP contribution >= 0.6 is 0 Å². The lowest BCUT2D eigenvalue weighted by Crippen LogP contribution is -2.04. The van der Waals surface area contributed by atoms with E-state index < -0.39 is 0 Å². The average Bonchev–Trinajstić information content (AvgIpc) is 2.42. The van der Waals surface area contributed by atoms with Crippen molar-refractivity contribution in [1.82, 2.24) is 0 Å². The van der Waals surface area contributed by atoms with Gasteiger partial charge >= 0.3 is 5.97 Å². The van der Waals surface area contributed by atoms with Gasteiger partial charge in [-0.2, -0.15) is 0 Å². The summed E-state index contributed by atoms with van der Waals surface area (Å²) in [6.07, 6.45) is 12.0. The Morgan fingerprint density at radius 2 is 1.58 bits per heavy atom. The molecule has 0 aliphatic rings. The van der Waals surface area contributed by atoms with Crippen LogP contribution in [0.15, 0.2) is 4.99 Å². The van der Waals surface area contributed by atoms with E-state index in [2.05, 4.69) is 4.99 Å². The number of isocyanates is 1. The highest BCUT2D eigenvalue weighted by Gasteiger charge is 2.01. The molecule has 0 radical (unpaired) electrons. The third-order valence-electron chi connectivity index (χ3n) is 2.93. The summed E-state index contributed by atoms with van der Waals surface area (Å²) in [4.78, 5) is 24.5. The third kappa shape index (κ3) is 14.8. The standard InChI is InChI=1S/C15H27NO3/c1-2-13-19-15(18)11-9-7-5-3-4-6-8-10-12-16-14-17/h2-13H2,1H3. The van der Waals surface area contributed by atoms with Crippen LogP contribution in [0.1, 0.15) is 71.1 Å². The van der Waals surface area contributed by atoms with Gasteiger partial charge in [0.2, 0.25) is 6.08 Å². The smallest absolute Gasteiger partial charge is 0.305 e. The molecule has 0 heterocycles.